The number of fused-ring (bicyclic) bond motifs is 4. The minimum Gasteiger partial charge on any atom is -0.347 e. The Balaban J connectivity index is 1.08. The van der Waals surface area contributed by atoms with E-state index in [1.54, 1.807) is 36.4 Å². The van der Waals surface area contributed by atoms with Gasteiger partial charge in [0.15, 0.2) is 52.9 Å². The van der Waals surface area contributed by atoms with Gasteiger partial charge in [-0.2, -0.15) is 18.4 Å². The molecule has 9 atom stereocenters. The maximum absolute atomic E-state index is 16.5. The van der Waals surface area contributed by atoms with Gasteiger partial charge in [-0.1, -0.05) is 23.4 Å². The minimum atomic E-state index is -4.90. The highest BCUT2D eigenvalue weighted by molar-refractivity contribution is 7.86. The molecule has 0 bridgehead atoms. The average molecular weight is 820 g/mol. The first-order valence-corrected chi connectivity index (χ1v) is 19.8. The van der Waals surface area contributed by atoms with Crippen LogP contribution in [0.4, 0.5) is 14.6 Å². The molecule has 294 valence electrons. The average Bonchev–Trinajstić information content (AvgIpc) is 3.95. The van der Waals surface area contributed by atoms with Gasteiger partial charge in [0, 0.05) is 5.56 Å². The Labute approximate surface area is 312 Å². The van der Waals surface area contributed by atoms with Gasteiger partial charge < -0.3 is 19.8 Å². The van der Waals surface area contributed by atoms with Crippen LogP contribution in [0, 0.1) is 11.3 Å². The van der Waals surface area contributed by atoms with Gasteiger partial charge in [0.25, 0.3) is 21.6 Å². The molecule has 3 aliphatic heterocycles. The summed E-state index contributed by atoms with van der Waals surface area (Å²) in [7, 11) is -9.55. The lowest BCUT2D eigenvalue weighted by atomic mass is 10.1. The molecule has 0 aliphatic carbocycles. The maximum Gasteiger partial charge on any atom is 0.475 e. The van der Waals surface area contributed by atoms with Crippen molar-refractivity contribution < 1.29 is 53.8 Å². The summed E-state index contributed by atoms with van der Waals surface area (Å²) in [5.74, 6) is -1.40. The molecule has 1 aromatic carbocycles. The van der Waals surface area contributed by atoms with Crippen LogP contribution < -0.4 is 10.9 Å². The normalized spacial score (nSPS) is 30.5. The second-order valence-electron chi connectivity index (χ2n) is 12.5. The van der Waals surface area contributed by atoms with E-state index >= 15 is 8.78 Å². The molecule has 26 heteroatoms. The molecule has 1 amide bonds. The van der Waals surface area contributed by atoms with Crippen LogP contribution in [0.1, 0.15) is 35.7 Å². The Hall–Kier alpha value is -5.19. The molecule has 8 rings (SSSR count). The van der Waals surface area contributed by atoms with E-state index in [9.17, 15) is 22.6 Å². The molecule has 5 aromatic rings. The fourth-order valence-electron chi connectivity index (χ4n) is 6.36. The van der Waals surface area contributed by atoms with E-state index in [2.05, 4.69) is 40.5 Å². The summed E-state index contributed by atoms with van der Waals surface area (Å²) in [6, 6.07) is 10.0. The van der Waals surface area contributed by atoms with Gasteiger partial charge in [-0.3, -0.25) is 31.9 Å². The fourth-order valence-corrected chi connectivity index (χ4v) is 8.93. The predicted molar refractivity (Wildman–Crippen MR) is 181 cm³/mol. The van der Waals surface area contributed by atoms with Crippen molar-refractivity contribution >= 4 is 52.0 Å². The molecule has 7 heterocycles. The van der Waals surface area contributed by atoms with E-state index < -0.39 is 104 Å². The molecule has 3 fully saturated rings. The van der Waals surface area contributed by atoms with Crippen LogP contribution in [0.25, 0.3) is 22.3 Å². The summed E-state index contributed by atoms with van der Waals surface area (Å²) in [5, 5.41) is 19.2. The number of carbonyl (C=O) groups excluding carboxylic acids is 1. The number of anilines is 1. The molecule has 56 heavy (non-hydrogen) atoms. The summed E-state index contributed by atoms with van der Waals surface area (Å²) in [6.45, 7) is -1.40. The number of benzene rings is 1. The van der Waals surface area contributed by atoms with Crippen molar-refractivity contribution in [1.82, 2.24) is 44.5 Å². The van der Waals surface area contributed by atoms with E-state index in [-0.39, 0.29) is 34.6 Å². The molecule has 4 aromatic heterocycles. The molecule has 2 N–H and O–H groups in total. The number of nitrogens with zero attached hydrogens (tertiary/aromatic N) is 9. The first-order chi connectivity index (χ1) is 26.9. The van der Waals surface area contributed by atoms with E-state index in [0.717, 1.165) is 28.2 Å². The Bertz CT molecular complexity index is 2540. The highest BCUT2D eigenvalue weighted by Gasteiger charge is 2.55. The second kappa shape index (κ2) is 15.0. The summed E-state index contributed by atoms with van der Waals surface area (Å²) < 4.78 is 109. The summed E-state index contributed by atoms with van der Waals surface area (Å²) in [5.41, 5.74) is -0.769. The standard InChI is InChI=1S/C30H28F2N11O11PS/c31-18-22-16(51-30(18)43-26-21(40-41-43)28(45)37-13-36-26)7-10-56(47,48)54-23-17(11-50-55(46,53-22)49-9-4-8-33)52-29(19(23)32)42-14-38-20-24(34-12-35-25(20)42)39-27(44)15-5-2-1-3-6-15/h1-3,5-6,12-14,16-19,22-23,29-30H,4,7,9-11H2,(H,36,37,45)(H,34,35,39,44)/t16-,17-,18-,19-,22-,23-,29-,30-,55?/m1/s1. The monoisotopic (exact) mass is 819 g/mol. The van der Waals surface area contributed by atoms with Crippen LogP contribution in [0.2, 0.25) is 0 Å². The van der Waals surface area contributed by atoms with E-state index in [0.29, 0.717) is 5.56 Å². The number of aromatic nitrogens is 9. The summed E-state index contributed by atoms with van der Waals surface area (Å²) >= 11 is 0. The molecule has 0 radical (unpaired) electrons. The van der Waals surface area contributed by atoms with Crippen LogP contribution in [-0.4, -0.2) is 115 Å². The molecule has 3 aliphatic rings. The molecule has 0 saturated carbocycles. The van der Waals surface area contributed by atoms with Gasteiger partial charge in [-0.25, -0.2) is 33.3 Å². The van der Waals surface area contributed by atoms with Gasteiger partial charge in [0.2, 0.25) is 0 Å². The van der Waals surface area contributed by atoms with E-state index in [1.807, 2.05) is 0 Å². The Morgan fingerprint density at radius 2 is 1.84 bits per heavy atom. The van der Waals surface area contributed by atoms with Crippen LogP contribution in [0.15, 0.2) is 54.1 Å². The van der Waals surface area contributed by atoms with Gasteiger partial charge in [-0.15, -0.1) is 5.10 Å². The number of hydrogen-bond acceptors (Lipinski definition) is 18. The smallest absolute Gasteiger partial charge is 0.347 e. The number of amides is 1. The molecule has 22 nitrogen and oxygen atoms in total. The second-order valence-corrected chi connectivity index (χ2v) is 15.8. The third-order valence-corrected chi connectivity index (χ3v) is 11.7. The number of alkyl halides is 2. The first kappa shape index (κ1) is 37.7. The summed E-state index contributed by atoms with van der Waals surface area (Å²) in [4.78, 5) is 43.8. The van der Waals surface area contributed by atoms with Gasteiger partial charge in [-0.05, 0) is 18.6 Å². The number of nitrogens with one attached hydrogen (secondary N) is 2. The molecule has 0 spiro atoms. The number of nitriles is 1. The zero-order chi connectivity index (χ0) is 39.2. The number of phosphoric ester groups is 1. The van der Waals surface area contributed by atoms with Gasteiger partial charge >= 0.3 is 7.82 Å². The van der Waals surface area contributed by atoms with Crippen LogP contribution in [0.3, 0.4) is 0 Å². The molecular weight excluding hydrogens is 791 g/mol. The van der Waals surface area contributed by atoms with Crippen molar-refractivity contribution in [2.45, 2.75) is 62.1 Å². The number of rotatable bonds is 7. The number of ether oxygens (including phenoxy) is 2. The third-order valence-electron chi connectivity index (χ3n) is 8.96. The van der Waals surface area contributed by atoms with Crippen molar-refractivity contribution in [3.05, 3.63) is 65.2 Å². The topological polar surface area (TPSA) is 280 Å². The fraction of sp³-hybridized carbons (Fsp3) is 0.433. The van der Waals surface area contributed by atoms with Gasteiger partial charge in [0.1, 0.15) is 24.6 Å². The molecule has 3 saturated heterocycles. The number of halogens is 2. The minimum absolute atomic E-state index is 0.0135. The zero-order valence-electron chi connectivity index (χ0n) is 28.4. The number of carbonyl (C=O) groups is 1. The van der Waals surface area contributed by atoms with Crippen molar-refractivity contribution in [3.63, 3.8) is 0 Å². The van der Waals surface area contributed by atoms with E-state index in [1.165, 1.54) is 0 Å². The van der Waals surface area contributed by atoms with Crippen molar-refractivity contribution in [1.29, 1.82) is 5.26 Å². The van der Waals surface area contributed by atoms with E-state index in [4.69, 9.17) is 32.5 Å². The van der Waals surface area contributed by atoms with Crippen molar-refractivity contribution in [3.8, 4) is 6.07 Å². The molecular formula is C30H28F2N11O11PS. The first-order valence-electron chi connectivity index (χ1n) is 16.7. The SMILES string of the molecule is N#CCCOP1(=O)OC[C@H]2O[C@@H](n3cnc4c(NC(=O)c5ccccc5)ncnc43)[C@H](F)[C@@H]2OS(=O)(=O)CC[C@H]2O[C@@H](n3nnc4c(=O)[nH]cnc43)[C@H](F)[C@@H]2O1. The molecule has 1 unspecified atom stereocenters. The maximum atomic E-state index is 16.5. The quantitative estimate of drug-likeness (QED) is 0.134. The Morgan fingerprint density at radius 3 is 2.64 bits per heavy atom. The van der Waals surface area contributed by atoms with Crippen LogP contribution in [0.5, 0.6) is 0 Å². The zero-order valence-corrected chi connectivity index (χ0v) is 30.1. The lowest BCUT2D eigenvalue weighted by Gasteiger charge is -2.27. The summed E-state index contributed by atoms with van der Waals surface area (Å²) in [6.07, 6.45) is -12.4. The number of aromatic amines is 1. The number of hydrogen-bond donors (Lipinski definition) is 2. The van der Waals surface area contributed by atoms with Crippen molar-refractivity contribution in [2.75, 3.05) is 24.3 Å². The third kappa shape index (κ3) is 7.16. The van der Waals surface area contributed by atoms with Crippen LogP contribution >= 0.6 is 7.82 Å². The lowest BCUT2D eigenvalue weighted by Crippen LogP contribution is -2.39. The Kier molecular flexibility index (Phi) is 10.1. The highest BCUT2D eigenvalue weighted by Crippen LogP contribution is 2.55. The highest BCUT2D eigenvalue weighted by atomic mass is 32.2. The largest absolute Gasteiger partial charge is 0.475 e. The number of imidazole rings is 1. The predicted octanol–water partition coefficient (Wildman–Crippen LogP) is 1.64. The van der Waals surface area contributed by atoms with Crippen LogP contribution in [-0.2, 0) is 41.9 Å². The lowest BCUT2D eigenvalue weighted by molar-refractivity contribution is -0.0528. The van der Waals surface area contributed by atoms with Crippen molar-refractivity contribution in [2.24, 2.45) is 0 Å². The Morgan fingerprint density at radius 1 is 1.05 bits per heavy atom. The number of phosphoric acid groups is 1. The number of H-pyrrole nitrogens is 1. The van der Waals surface area contributed by atoms with Gasteiger partial charge in [0.05, 0.1) is 50.2 Å².